The summed E-state index contributed by atoms with van der Waals surface area (Å²) in [6, 6.07) is -0.679. The minimum Gasteiger partial charge on any atom is -0.387 e. The molecule has 8 heteroatoms. The Bertz CT molecular complexity index is 592. The number of carbonyl (C=O) groups excluding carboxylic acids is 1. The van der Waals surface area contributed by atoms with E-state index in [1.54, 1.807) is 6.08 Å². The van der Waals surface area contributed by atoms with Crippen molar-refractivity contribution in [2.45, 2.75) is 103 Å². The standard InChI is InChI=1S/C26H53N2O5P/c1-7-8-9-10-11-12-13-14-15-16-17-18-19-20-26(30)25(27-24(2)29)23-33-34(6,31)32-22-21-28(3,4)5/h19-20,25-26,30H,7-18,21-23H2,1-6H3/p+1/b20-19+/t25-,26+,34-/m0/s1. The highest BCUT2D eigenvalue weighted by Gasteiger charge is 2.24. The Hall–Kier alpha value is -0.720. The van der Waals surface area contributed by atoms with Crippen LogP contribution in [-0.2, 0) is 18.4 Å². The number of hydrogen-bond donors (Lipinski definition) is 2. The highest BCUT2D eigenvalue weighted by molar-refractivity contribution is 7.52. The lowest BCUT2D eigenvalue weighted by Gasteiger charge is -2.26. The van der Waals surface area contributed by atoms with E-state index in [1.807, 2.05) is 27.2 Å². The number of nitrogens with one attached hydrogen (secondary N) is 1. The molecule has 0 heterocycles. The summed E-state index contributed by atoms with van der Waals surface area (Å²) in [4.78, 5) is 11.6. The molecular weight excluding hydrogens is 451 g/mol. The number of unbranched alkanes of at least 4 members (excludes halogenated alkanes) is 11. The van der Waals surface area contributed by atoms with Crippen LogP contribution in [0, 0.1) is 0 Å². The second kappa shape index (κ2) is 19.5. The van der Waals surface area contributed by atoms with Crippen LogP contribution in [0.4, 0.5) is 0 Å². The molecule has 0 fully saturated rings. The molecular formula is C26H54N2O5P+. The molecule has 0 aromatic heterocycles. The number of nitrogens with zero attached hydrogens (tertiary/aromatic N) is 1. The molecule has 34 heavy (non-hydrogen) atoms. The summed E-state index contributed by atoms with van der Waals surface area (Å²) in [7, 11) is 2.80. The third-order valence-electron chi connectivity index (χ3n) is 5.69. The van der Waals surface area contributed by atoms with Crippen molar-refractivity contribution >= 4 is 13.5 Å². The first-order valence-corrected chi connectivity index (χ1v) is 15.2. The van der Waals surface area contributed by atoms with Crippen LogP contribution in [0.2, 0.25) is 0 Å². The molecule has 0 rings (SSSR count). The highest BCUT2D eigenvalue weighted by Crippen LogP contribution is 2.43. The monoisotopic (exact) mass is 505 g/mol. The van der Waals surface area contributed by atoms with Crippen molar-refractivity contribution in [1.29, 1.82) is 0 Å². The van der Waals surface area contributed by atoms with Gasteiger partial charge in [-0.1, -0.05) is 83.3 Å². The molecule has 0 saturated carbocycles. The Morgan fingerprint density at radius 1 is 0.971 bits per heavy atom. The average Bonchev–Trinajstić information content (AvgIpc) is 2.73. The summed E-state index contributed by atoms with van der Waals surface area (Å²) >= 11 is 0. The maximum absolute atomic E-state index is 12.5. The van der Waals surface area contributed by atoms with Gasteiger partial charge in [-0.25, -0.2) is 0 Å². The van der Waals surface area contributed by atoms with E-state index in [4.69, 9.17) is 9.05 Å². The second-order valence-corrected chi connectivity index (χ2v) is 12.5. The molecule has 0 radical (unpaired) electrons. The Morgan fingerprint density at radius 2 is 1.50 bits per heavy atom. The Labute approximate surface area is 209 Å². The number of quaternary nitrogens is 1. The topological polar surface area (TPSA) is 84.9 Å². The van der Waals surface area contributed by atoms with Crippen molar-refractivity contribution in [3.8, 4) is 0 Å². The predicted molar refractivity (Wildman–Crippen MR) is 142 cm³/mol. The van der Waals surface area contributed by atoms with E-state index < -0.39 is 19.7 Å². The third-order valence-corrected chi connectivity index (χ3v) is 6.95. The number of likely N-dealkylation sites (N-methyl/N-ethyl adjacent to an activating group) is 1. The van der Waals surface area contributed by atoms with Crippen LogP contribution >= 0.6 is 7.60 Å². The smallest absolute Gasteiger partial charge is 0.327 e. The lowest BCUT2D eigenvalue weighted by molar-refractivity contribution is -0.870. The van der Waals surface area contributed by atoms with E-state index >= 15 is 0 Å². The molecule has 0 aliphatic carbocycles. The van der Waals surface area contributed by atoms with Gasteiger partial charge in [0.15, 0.2) is 0 Å². The maximum atomic E-state index is 12.5. The summed E-state index contributed by atoms with van der Waals surface area (Å²) in [6.07, 6.45) is 18.0. The highest BCUT2D eigenvalue weighted by atomic mass is 31.2. The van der Waals surface area contributed by atoms with E-state index in [1.165, 1.54) is 77.8 Å². The number of hydrogen-bond acceptors (Lipinski definition) is 5. The lowest BCUT2D eigenvalue weighted by atomic mass is 10.0. The molecule has 0 aromatic rings. The van der Waals surface area contributed by atoms with Gasteiger partial charge in [0.1, 0.15) is 13.2 Å². The number of aliphatic hydroxyl groups excluding tert-OH is 1. The molecule has 3 atom stereocenters. The summed E-state index contributed by atoms with van der Waals surface area (Å²) in [5.41, 5.74) is 0. The number of allylic oxidation sites excluding steroid dienone is 1. The summed E-state index contributed by atoms with van der Waals surface area (Å²) < 4.78 is 24.1. The summed E-state index contributed by atoms with van der Waals surface area (Å²) in [6.45, 7) is 5.98. The maximum Gasteiger partial charge on any atom is 0.327 e. The van der Waals surface area contributed by atoms with Crippen LogP contribution in [0.1, 0.15) is 90.9 Å². The molecule has 7 nitrogen and oxygen atoms in total. The van der Waals surface area contributed by atoms with Gasteiger partial charge < -0.3 is 24.0 Å². The van der Waals surface area contributed by atoms with Crippen LogP contribution < -0.4 is 5.32 Å². The van der Waals surface area contributed by atoms with E-state index in [0.717, 1.165) is 12.8 Å². The molecule has 0 unspecified atom stereocenters. The SMILES string of the molecule is CCCCCCCCCCCCC/C=C/[C@@H](O)[C@H](CO[P@@](C)(=O)OCC[N+](C)(C)C)NC(C)=O. The number of carbonyl (C=O) groups is 1. The van der Waals surface area contributed by atoms with Gasteiger partial charge in [-0.3, -0.25) is 9.36 Å². The van der Waals surface area contributed by atoms with Gasteiger partial charge in [-0.05, 0) is 12.8 Å². The van der Waals surface area contributed by atoms with Crippen molar-refractivity contribution in [2.75, 3.05) is 47.6 Å². The molecule has 1 amide bonds. The predicted octanol–water partition coefficient (Wildman–Crippen LogP) is 5.67. The fourth-order valence-electron chi connectivity index (χ4n) is 3.52. The number of rotatable bonds is 22. The quantitative estimate of drug-likeness (QED) is 0.0857. The van der Waals surface area contributed by atoms with Gasteiger partial charge in [0.2, 0.25) is 5.91 Å². The first-order chi connectivity index (χ1) is 16.0. The fourth-order valence-corrected chi connectivity index (χ4v) is 4.44. The molecule has 0 aliphatic heterocycles. The summed E-state index contributed by atoms with van der Waals surface area (Å²) in [5, 5.41) is 13.2. The van der Waals surface area contributed by atoms with Gasteiger partial charge >= 0.3 is 7.60 Å². The number of aliphatic hydroxyl groups is 1. The van der Waals surface area contributed by atoms with E-state index in [0.29, 0.717) is 17.6 Å². The van der Waals surface area contributed by atoms with E-state index in [-0.39, 0.29) is 12.5 Å². The van der Waals surface area contributed by atoms with E-state index in [9.17, 15) is 14.5 Å². The molecule has 0 spiro atoms. The van der Waals surface area contributed by atoms with Crippen LogP contribution in [-0.4, -0.2) is 75.2 Å². The van der Waals surface area contributed by atoms with Crippen LogP contribution in [0.15, 0.2) is 12.2 Å². The normalized spacial score (nSPS) is 15.9. The van der Waals surface area contributed by atoms with Crippen molar-refractivity contribution in [3.63, 3.8) is 0 Å². The van der Waals surface area contributed by atoms with Crippen LogP contribution in [0.5, 0.6) is 0 Å². The fraction of sp³-hybridized carbons (Fsp3) is 0.885. The molecule has 0 aromatic carbocycles. The molecule has 0 bridgehead atoms. The van der Waals surface area contributed by atoms with Crippen LogP contribution in [0.25, 0.3) is 0 Å². The average molecular weight is 506 g/mol. The second-order valence-electron chi connectivity index (χ2n) is 10.5. The first kappa shape index (κ1) is 33.3. The van der Waals surface area contributed by atoms with Crippen molar-refractivity contribution in [2.24, 2.45) is 0 Å². The van der Waals surface area contributed by atoms with Gasteiger partial charge in [0, 0.05) is 13.6 Å². The zero-order chi connectivity index (χ0) is 25.9. The van der Waals surface area contributed by atoms with Gasteiger partial charge in [-0.2, -0.15) is 0 Å². The van der Waals surface area contributed by atoms with Crippen molar-refractivity contribution < 1.29 is 28.0 Å². The molecule has 2 N–H and O–H groups in total. The van der Waals surface area contributed by atoms with Crippen molar-refractivity contribution in [3.05, 3.63) is 12.2 Å². The molecule has 202 valence electrons. The zero-order valence-electron chi connectivity index (χ0n) is 22.9. The van der Waals surface area contributed by atoms with E-state index in [2.05, 4.69) is 12.2 Å². The number of amides is 1. The molecule has 0 aliphatic rings. The minimum absolute atomic E-state index is 0.0817. The Balaban J connectivity index is 4.16. The van der Waals surface area contributed by atoms with Gasteiger partial charge in [0.05, 0.1) is 39.9 Å². The third kappa shape index (κ3) is 21.8. The van der Waals surface area contributed by atoms with Gasteiger partial charge in [-0.15, -0.1) is 0 Å². The zero-order valence-corrected chi connectivity index (χ0v) is 23.8. The lowest BCUT2D eigenvalue weighted by Crippen LogP contribution is -2.44. The largest absolute Gasteiger partial charge is 0.387 e. The van der Waals surface area contributed by atoms with Crippen LogP contribution in [0.3, 0.4) is 0 Å². The Morgan fingerprint density at radius 3 is 2.00 bits per heavy atom. The summed E-state index contributed by atoms with van der Waals surface area (Å²) in [5.74, 6) is -0.275. The first-order valence-electron chi connectivity index (χ1n) is 13.3. The van der Waals surface area contributed by atoms with Gasteiger partial charge in [0.25, 0.3) is 0 Å². The van der Waals surface area contributed by atoms with Crippen molar-refractivity contribution in [1.82, 2.24) is 5.32 Å². The minimum atomic E-state index is -3.27. The molecule has 0 saturated heterocycles. The Kier molecular flexibility index (Phi) is 19.1.